The van der Waals surface area contributed by atoms with Crippen LogP contribution in [0, 0.1) is 0 Å². The Labute approximate surface area is 142 Å². The topological polar surface area (TPSA) is 94.1 Å². The molecule has 0 unspecified atom stereocenters. The van der Waals surface area contributed by atoms with Crippen molar-refractivity contribution in [3.05, 3.63) is 20.4 Å². The summed E-state index contributed by atoms with van der Waals surface area (Å²) in [5.74, 6) is 0. The highest BCUT2D eigenvalue weighted by molar-refractivity contribution is 5.73. The molecule has 0 radical (unpaired) electrons. The summed E-state index contributed by atoms with van der Waals surface area (Å²) >= 11 is 0. The lowest BCUT2D eigenvalue weighted by Crippen LogP contribution is -2.44. The summed E-state index contributed by atoms with van der Waals surface area (Å²) in [6.45, 7) is 5.27. The summed E-state index contributed by atoms with van der Waals surface area (Å²) in [6, 6.07) is 0. The van der Waals surface area contributed by atoms with Crippen molar-refractivity contribution >= 4 is 11.4 Å². The summed E-state index contributed by atoms with van der Waals surface area (Å²) in [6.07, 6.45) is 0.277. The molecule has 0 spiro atoms. The lowest BCUT2D eigenvalue weighted by atomic mass is 10.1. The standard InChI is InChI=1S/C16H28N4O4/c1-19(2)5-3-4-17-13-14(16(23)15(13)22)18-10-12(21)11-20-6-8-24-9-7-20/h12,17-18,21H,3-11H2,1-2H3/t12-/m0/s1. The molecule has 1 fully saturated rings. The van der Waals surface area contributed by atoms with Gasteiger partial charge in [-0.15, -0.1) is 0 Å². The summed E-state index contributed by atoms with van der Waals surface area (Å²) in [5.41, 5.74) is -0.350. The van der Waals surface area contributed by atoms with Crippen molar-refractivity contribution in [1.29, 1.82) is 0 Å². The second-order valence-electron chi connectivity index (χ2n) is 6.44. The van der Waals surface area contributed by atoms with Crippen LogP contribution in [0.25, 0.3) is 0 Å². The van der Waals surface area contributed by atoms with Crippen LogP contribution in [0.2, 0.25) is 0 Å². The molecule has 2 rings (SSSR count). The zero-order valence-electron chi connectivity index (χ0n) is 14.5. The van der Waals surface area contributed by atoms with Crippen LogP contribution in [0.3, 0.4) is 0 Å². The van der Waals surface area contributed by atoms with E-state index >= 15 is 0 Å². The molecule has 1 aliphatic heterocycles. The minimum atomic E-state index is -0.603. The van der Waals surface area contributed by atoms with Crippen LogP contribution in [0.5, 0.6) is 0 Å². The van der Waals surface area contributed by atoms with E-state index in [1.54, 1.807) is 0 Å². The predicted molar refractivity (Wildman–Crippen MR) is 94.8 cm³/mol. The average Bonchev–Trinajstić information content (AvgIpc) is 2.56. The maximum absolute atomic E-state index is 11.7. The molecular formula is C16H28N4O4. The number of ether oxygens (including phenoxy) is 1. The monoisotopic (exact) mass is 340 g/mol. The normalized spacial score (nSPS) is 17.3. The molecular weight excluding hydrogens is 312 g/mol. The molecule has 1 saturated heterocycles. The van der Waals surface area contributed by atoms with E-state index in [2.05, 4.69) is 20.4 Å². The van der Waals surface area contributed by atoms with Crippen LogP contribution >= 0.6 is 0 Å². The van der Waals surface area contributed by atoms with E-state index in [-0.39, 0.29) is 6.54 Å². The van der Waals surface area contributed by atoms with Gasteiger partial charge in [0, 0.05) is 32.7 Å². The lowest BCUT2D eigenvalue weighted by Gasteiger charge is -2.28. The van der Waals surface area contributed by atoms with Crippen LogP contribution in [-0.2, 0) is 4.74 Å². The minimum absolute atomic E-state index is 0.245. The molecule has 0 aliphatic carbocycles. The van der Waals surface area contributed by atoms with Crippen LogP contribution in [0.1, 0.15) is 6.42 Å². The molecule has 0 amide bonds. The molecule has 3 N–H and O–H groups in total. The van der Waals surface area contributed by atoms with Gasteiger partial charge in [-0.25, -0.2) is 0 Å². The van der Waals surface area contributed by atoms with Crippen molar-refractivity contribution in [1.82, 2.24) is 9.80 Å². The van der Waals surface area contributed by atoms with Gasteiger partial charge in [0.05, 0.1) is 19.3 Å². The van der Waals surface area contributed by atoms with Crippen molar-refractivity contribution < 1.29 is 9.84 Å². The fraction of sp³-hybridized carbons (Fsp3) is 0.750. The van der Waals surface area contributed by atoms with Crippen LogP contribution < -0.4 is 21.5 Å². The highest BCUT2D eigenvalue weighted by Crippen LogP contribution is 2.14. The molecule has 0 bridgehead atoms. The number of rotatable bonds is 10. The van der Waals surface area contributed by atoms with Crippen molar-refractivity contribution in [2.45, 2.75) is 12.5 Å². The average molecular weight is 340 g/mol. The van der Waals surface area contributed by atoms with Gasteiger partial charge in [-0.2, -0.15) is 0 Å². The summed E-state index contributed by atoms with van der Waals surface area (Å²) in [4.78, 5) is 27.5. The van der Waals surface area contributed by atoms with E-state index < -0.39 is 17.0 Å². The van der Waals surface area contributed by atoms with Crippen molar-refractivity contribution in [2.75, 3.05) is 77.2 Å². The fourth-order valence-electron chi connectivity index (χ4n) is 2.70. The lowest BCUT2D eigenvalue weighted by molar-refractivity contribution is 0.0171. The first-order chi connectivity index (χ1) is 11.5. The Bertz CT molecular complexity index is 577. The predicted octanol–water partition coefficient (Wildman–Crippen LogP) is -1.25. The van der Waals surface area contributed by atoms with Gasteiger partial charge in [0.25, 0.3) is 10.9 Å². The summed E-state index contributed by atoms with van der Waals surface area (Å²) in [7, 11) is 3.97. The zero-order valence-corrected chi connectivity index (χ0v) is 14.5. The second-order valence-corrected chi connectivity index (χ2v) is 6.44. The Balaban J connectivity index is 1.76. The van der Waals surface area contributed by atoms with Gasteiger partial charge in [-0.1, -0.05) is 0 Å². The Kier molecular flexibility index (Phi) is 7.16. The Morgan fingerprint density at radius 2 is 1.79 bits per heavy atom. The first kappa shape index (κ1) is 18.9. The number of anilines is 2. The van der Waals surface area contributed by atoms with Gasteiger partial charge in [0.1, 0.15) is 11.4 Å². The van der Waals surface area contributed by atoms with Crippen LogP contribution in [0.4, 0.5) is 11.4 Å². The number of hydrogen-bond donors (Lipinski definition) is 3. The number of aliphatic hydroxyl groups is 1. The third-order valence-corrected chi connectivity index (χ3v) is 4.08. The van der Waals surface area contributed by atoms with E-state index in [9.17, 15) is 14.7 Å². The van der Waals surface area contributed by atoms with Gasteiger partial charge < -0.3 is 25.4 Å². The summed E-state index contributed by atoms with van der Waals surface area (Å²) in [5, 5.41) is 16.0. The third-order valence-electron chi connectivity index (χ3n) is 4.08. The number of aliphatic hydroxyl groups excluding tert-OH is 1. The quantitative estimate of drug-likeness (QED) is 0.359. The maximum Gasteiger partial charge on any atom is 0.253 e. The molecule has 0 saturated carbocycles. The molecule has 0 aromatic heterocycles. The Morgan fingerprint density at radius 3 is 2.42 bits per heavy atom. The number of nitrogens with one attached hydrogen (secondary N) is 2. The van der Waals surface area contributed by atoms with E-state index in [0.717, 1.165) is 26.1 Å². The van der Waals surface area contributed by atoms with Crippen LogP contribution in [0.15, 0.2) is 9.59 Å². The first-order valence-corrected chi connectivity index (χ1v) is 8.43. The zero-order chi connectivity index (χ0) is 17.5. The van der Waals surface area contributed by atoms with E-state index in [4.69, 9.17) is 4.74 Å². The number of hydrogen-bond acceptors (Lipinski definition) is 8. The van der Waals surface area contributed by atoms with Gasteiger partial charge in [0.2, 0.25) is 0 Å². The number of nitrogens with zero attached hydrogens (tertiary/aromatic N) is 2. The smallest absolute Gasteiger partial charge is 0.253 e. The molecule has 8 heteroatoms. The van der Waals surface area contributed by atoms with Gasteiger partial charge in [-0.05, 0) is 27.1 Å². The highest BCUT2D eigenvalue weighted by Gasteiger charge is 2.21. The van der Waals surface area contributed by atoms with Gasteiger partial charge in [0.15, 0.2) is 0 Å². The van der Waals surface area contributed by atoms with E-state index in [1.165, 1.54) is 0 Å². The summed E-state index contributed by atoms with van der Waals surface area (Å²) < 4.78 is 5.27. The van der Waals surface area contributed by atoms with E-state index in [0.29, 0.717) is 37.7 Å². The largest absolute Gasteiger partial charge is 0.390 e. The molecule has 1 aromatic carbocycles. The molecule has 136 valence electrons. The molecule has 24 heavy (non-hydrogen) atoms. The third kappa shape index (κ3) is 5.27. The Hall–Kier alpha value is -1.48. The number of β-amino-alcohol motifs (C(OH)–C–C–N with tert-alkyl or cyclic N) is 1. The number of morpholine rings is 1. The SMILES string of the molecule is CN(C)CCCNc1c(NC[C@H](O)CN2CCOCC2)c(=O)c1=O. The fourth-order valence-corrected chi connectivity index (χ4v) is 2.70. The molecule has 1 aromatic rings. The van der Waals surface area contributed by atoms with Crippen molar-refractivity contribution in [3.63, 3.8) is 0 Å². The molecule has 8 nitrogen and oxygen atoms in total. The molecule has 1 atom stereocenters. The van der Waals surface area contributed by atoms with Crippen molar-refractivity contribution in [2.24, 2.45) is 0 Å². The van der Waals surface area contributed by atoms with E-state index in [1.807, 2.05) is 14.1 Å². The first-order valence-electron chi connectivity index (χ1n) is 8.43. The van der Waals surface area contributed by atoms with Gasteiger partial charge >= 0.3 is 0 Å². The highest BCUT2D eigenvalue weighted by atomic mass is 16.5. The second kappa shape index (κ2) is 9.12. The molecule has 1 heterocycles. The Morgan fingerprint density at radius 1 is 1.17 bits per heavy atom. The van der Waals surface area contributed by atoms with Gasteiger partial charge in [-0.3, -0.25) is 14.5 Å². The maximum atomic E-state index is 11.7. The van der Waals surface area contributed by atoms with Crippen molar-refractivity contribution in [3.8, 4) is 0 Å². The van der Waals surface area contributed by atoms with Crippen LogP contribution in [-0.4, -0.2) is 87.6 Å². The molecule has 1 aliphatic rings. The minimum Gasteiger partial charge on any atom is -0.390 e.